The number of benzene rings is 2. The average molecular weight is 437 g/mol. The van der Waals surface area contributed by atoms with E-state index in [4.69, 9.17) is 0 Å². The molecule has 0 spiro atoms. The van der Waals surface area contributed by atoms with E-state index in [0.717, 1.165) is 30.8 Å². The van der Waals surface area contributed by atoms with E-state index in [0.29, 0.717) is 28.0 Å². The maximum atomic E-state index is 13.1. The number of aromatic nitrogens is 2. The molecule has 0 bridgehead atoms. The summed E-state index contributed by atoms with van der Waals surface area (Å²) in [6.45, 7) is 1.81. The molecular formula is C23H24N4O3S. The largest absolute Gasteiger partial charge is 0.342 e. The molecule has 0 aliphatic carbocycles. The van der Waals surface area contributed by atoms with Crippen molar-refractivity contribution in [3.63, 3.8) is 0 Å². The van der Waals surface area contributed by atoms with Crippen LogP contribution in [0.5, 0.6) is 0 Å². The minimum absolute atomic E-state index is 0.107. The number of hydrogen-bond acceptors (Lipinski definition) is 5. The molecule has 1 aliphatic rings. The van der Waals surface area contributed by atoms with Crippen molar-refractivity contribution >= 4 is 34.5 Å². The fourth-order valence-electron chi connectivity index (χ4n) is 3.68. The van der Waals surface area contributed by atoms with Gasteiger partial charge < -0.3 is 14.8 Å². The first-order valence-corrected chi connectivity index (χ1v) is 11.2. The summed E-state index contributed by atoms with van der Waals surface area (Å²) in [6.07, 6.45) is 2.11. The van der Waals surface area contributed by atoms with E-state index in [-0.39, 0.29) is 23.9 Å². The molecule has 2 aromatic carbocycles. The molecule has 1 fully saturated rings. The van der Waals surface area contributed by atoms with E-state index in [9.17, 15) is 14.4 Å². The molecule has 7 nitrogen and oxygen atoms in total. The Balaban J connectivity index is 1.47. The number of likely N-dealkylation sites (tertiary alicyclic amines) is 1. The Kier molecular flexibility index (Phi) is 6.36. The highest BCUT2D eigenvalue weighted by Gasteiger charge is 2.21. The molecule has 31 heavy (non-hydrogen) atoms. The lowest BCUT2D eigenvalue weighted by molar-refractivity contribution is -0.127. The van der Waals surface area contributed by atoms with Crippen LogP contribution in [0.25, 0.3) is 10.9 Å². The van der Waals surface area contributed by atoms with Gasteiger partial charge in [-0.15, -0.1) is 11.8 Å². The summed E-state index contributed by atoms with van der Waals surface area (Å²) in [4.78, 5) is 49.2. The molecular weight excluding hydrogens is 412 g/mol. The van der Waals surface area contributed by atoms with Gasteiger partial charge in [-0.2, -0.15) is 0 Å². The van der Waals surface area contributed by atoms with Crippen molar-refractivity contribution < 1.29 is 9.59 Å². The maximum Gasteiger partial charge on any atom is 0.258 e. The highest BCUT2D eigenvalue weighted by molar-refractivity contribution is 8.00. The van der Waals surface area contributed by atoms with Crippen LogP contribution >= 0.6 is 11.8 Å². The topological polar surface area (TPSA) is 86.4 Å². The third-order valence-electron chi connectivity index (χ3n) is 5.32. The van der Waals surface area contributed by atoms with E-state index >= 15 is 0 Å². The molecule has 0 unspecified atom stereocenters. The Labute approximate surface area is 184 Å². The zero-order valence-electron chi connectivity index (χ0n) is 17.3. The normalized spacial score (nSPS) is 13.5. The summed E-state index contributed by atoms with van der Waals surface area (Å²) < 4.78 is 0. The van der Waals surface area contributed by atoms with E-state index in [1.165, 1.54) is 16.7 Å². The monoisotopic (exact) mass is 436 g/mol. The second kappa shape index (κ2) is 9.34. The number of amides is 2. The Hall–Kier alpha value is -3.13. The van der Waals surface area contributed by atoms with Gasteiger partial charge in [0.25, 0.3) is 11.5 Å². The van der Waals surface area contributed by atoms with Crippen LogP contribution in [0.4, 0.5) is 0 Å². The summed E-state index contributed by atoms with van der Waals surface area (Å²) in [5, 5.41) is 0.518. The van der Waals surface area contributed by atoms with Crippen LogP contribution in [0.1, 0.15) is 29.0 Å². The van der Waals surface area contributed by atoms with Crippen LogP contribution in [0, 0.1) is 0 Å². The minimum Gasteiger partial charge on any atom is -0.342 e. The third kappa shape index (κ3) is 4.80. The van der Waals surface area contributed by atoms with Crippen molar-refractivity contribution in [2.24, 2.45) is 0 Å². The van der Waals surface area contributed by atoms with Crippen LogP contribution in [0.2, 0.25) is 0 Å². The van der Waals surface area contributed by atoms with E-state index < -0.39 is 0 Å². The highest BCUT2D eigenvalue weighted by atomic mass is 32.2. The number of carbonyl (C=O) groups excluding carboxylic acids is 2. The number of para-hydroxylation sites is 1. The molecule has 1 N–H and O–H groups in total. The van der Waals surface area contributed by atoms with Gasteiger partial charge in [0.05, 0.1) is 28.8 Å². The van der Waals surface area contributed by atoms with Gasteiger partial charge in [0, 0.05) is 25.0 Å². The lowest BCUT2D eigenvalue weighted by Crippen LogP contribution is -2.30. The number of carbonyl (C=O) groups is 2. The number of H-pyrrole nitrogens is 1. The number of aromatic amines is 1. The molecule has 3 aromatic rings. The summed E-state index contributed by atoms with van der Waals surface area (Å²) in [6, 6.07) is 14.4. The van der Waals surface area contributed by atoms with E-state index in [1.807, 2.05) is 29.2 Å². The van der Waals surface area contributed by atoms with Crippen molar-refractivity contribution in [2.75, 3.05) is 25.9 Å². The fourth-order valence-corrected chi connectivity index (χ4v) is 4.63. The van der Waals surface area contributed by atoms with Gasteiger partial charge in [-0.05, 0) is 37.1 Å². The molecule has 2 amide bonds. The average Bonchev–Trinajstić information content (AvgIpc) is 3.32. The standard InChI is InChI=1S/C23H24N4O3S/c1-26(14-20-24-18-10-4-2-8-16(18)22(29)25-20)23(30)17-9-3-5-11-19(17)31-15-21(28)27-12-6-7-13-27/h2-5,8-11H,6-7,12-15H2,1H3,(H,24,25,29). The van der Waals surface area contributed by atoms with Crippen molar-refractivity contribution in [3.8, 4) is 0 Å². The molecule has 1 aromatic heterocycles. The molecule has 1 saturated heterocycles. The Morgan fingerprint density at radius 2 is 1.81 bits per heavy atom. The van der Waals surface area contributed by atoms with E-state index in [2.05, 4.69) is 9.97 Å². The Bertz CT molecular complexity index is 1170. The molecule has 160 valence electrons. The summed E-state index contributed by atoms with van der Waals surface area (Å²) in [5.41, 5.74) is 0.906. The number of thioether (sulfide) groups is 1. The SMILES string of the molecule is CN(Cc1nc2ccccc2c(=O)[nH]1)C(=O)c1ccccc1SCC(=O)N1CCCC1. The van der Waals surface area contributed by atoms with E-state index in [1.54, 1.807) is 31.3 Å². The van der Waals surface area contributed by atoms with Gasteiger partial charge in [-0.25, -0.2) is 4.98 Å². The van der Waals surface area contributed by atoms with Crippen molar-refractivity contribution in [2.45, 2.75) is 24.3 Å². The zero-order chi connectivity index (χ0) is 21.8. The summed E-state index contributed by atoms with van der Waals surface area (Å²) >= 11 is 1.39. The second-order valence-corrected chi connectivity index (χ2v) is 8.58. The summed E-state index contributed by atoms with van der Waals surface area (Å²) in [5.74, 6) is 0.658. The first kappa shape index (κ1) is 21.1. The van der Waals surface area contributed by atoms with Crippen molar-refractivity contribution in [1.82, 2.24) is 19.8 Å². The minimum atomic E-state index is -0.224. The van der Waals surface area contributed by atoms with Gasteiger partial charge in [0.2, 0.25) is 5.91 Å². The Morgan fingerprint density at radius 3 is 2.61 bits per heavy atom. The smallest absolute Gasteiger partial charge is 0.258 e. The maximum absolute atomic E-state index is 13.1. The first-order valence-electron chi connectivity index (χ1n) is 10.3. The van der Waals surface area contributed by atoms with Crippen LogP contribution in [0.15, 0.2) is 58.2 Å². The predicted octanol–water partition coefficient (Wildman–Crippen LogP) is 2.91. The van der Waals surface area contributed by atoms with Gasteiger partial charge in [0.1, 0.15) is 5.82 Å². The lowest BCUT2D eigenvalue weighted by Gasteiger charge is -2.19. The molecule has 0 atom stereocenters. The fraction of sp³-hybridized carbons (Fsp3) is 0.304. The highest BCUT2D eigenvalue weighted by Crippen LogP contribution is 2.25. The predicted molar refractivity (Wildman–Crippen MR) is 121 cm³/mol. The number of fused-ring (bicyclic) bond motifs is 1. The number of hydrogen-bond donors (Lipinski definition) is 1. The number of nitrogens with zero attached hydrogens (tertiary/aromatic N) is 3. The van der Waals surface area contributed by atoms with Gasteiger partial charge in [-0.3, -0.25) is 14.4 Å². The van der Waals surface area contributed by atoms with Crippen LogP contribution in [-0.4, -0.2) is 57.5 Å². The van der Waals surface area contributed by atoms with Gasteiger partial charge >= 0.3 is 0 Å². The molecule has 1 aliphatic heterocycles. The number of rotatable bonds is 6. The van der Waals surface area contributed by atoms with Gasteiger partial charge in [-0.1, -0.05) is 24.3 Å². The quantitative estimate of drug-likeness (QED) is 0.601. The van der Waals surface area contributed by atoms with Crippen LogP contribution in [0.3, 0.4) is 0 Å². The van der Waals surface area contributed by atoms with Crippen molar-refractivity contribution in [3.05, 3.63) is 70.3 Å². The summed E-state index contributed by atoms with van der Waals surface area (Å²) in [7, 11) is 1.67. The second-order valence-electron chi connectivity index (χ2n) is 7.56. The van der Waals surface area contributed by atoms with Crippen LogP contribution in [-0.2, 0) is 11.3 Å². The molecule has 2 heterocycles. The number of nitrogens with one attached hydrogen (secondary N) is 1. The first-order chi connectivity index (χ1) is 15.0. The molecule has 0 saturated carbocycles. The van der Waals surface area contributed by atoms with Crippen LogP contribution < -0.4 is 5.56 Å². The molecule has 0 radical (unpaired) electrons. The lowest BCUT2D eigenvalue weighted by atomic mass is 10.2. The van der Waals surface area contributed by atoms with Crippen molar-refractivity contribution in [1.29, 1.82) is 0 Å². The molecule has 4 rings (SSSR count). The molecule has 8 heteroatoms. The Morgan fingerprint density at radius 1 is 1.10 bits per heavy atom. The third-order valence-corrected chi connectivity index (χ3v) is 6.38. The zero-order valence-corrected chi connectivity index (χ0v) is 18.2. The van der Waals surface area contributed by atoms with Gasteiger partial charge in [0.15, 0.2) is 0 Å².